The molecule has 0 bridgehead atoms. The third-order valence-corrected chi connectivity index (χ3v) is 1.85. The molecule has 0 spiro atoms. The Hall–Kier alpha value is -1.33. The molecule has 62 valence electrons. The number of benzene rings is 1. The van der Waals surface area contributed by atoms with Gasteiger partial charge in [-0.1, -0.05) is 31.2 Å². The number of hydrogen-bond donors (Lipinski definition) is 1. The standard InChI is InChI=1S/C10H11NO/c1-2-8-5-3-4-6-9(8)10(12)7-11/h3-6,10,12H,2H2,1H3. The van der Waals surface area contributed by atoms with Crippen LogP contribution in [0.3, 0.4) is 0 Å². The van der Waals surface area contributed by atoms with Gasteiger partial charge in [0.2, 0.25) is 0 Å². The summed E-state index contributed by atoms with van der Waals surface area (Å²) in [5, 5.41) is 17.8. The van der Waals surface area contributed by atoms with E-state index in [4.69, 9.17) is 5.26 Å². The van der Waals surface area contributed by atoms with E-state index in [0.717, 1.165) is 17.5 Å². The summed E-state index contributed by atoms with van der Waals surface area (Å²) in [6.07, 6.45) is -0.143. The normalized spacial score (nSPS) is 12.1. The number of aliphatic hydroxyl groups is 1. The Labute approximate surface area is 72.1 Å². The van der Waals surface area contributed by atoms with Crippen LogP contribution in [0, 0.1) is 11.3 Å². The molecule has 0 heterocycles. The molecule has 0 aliphatic carbocycles. The molecule has 1 aromatic carbocycles. The molecule has 2 nitrogen and oxygen atoms in total. The zero-order valence-electron chi connectivity index (χ0n) is 6.99. The van der Waals surface area contributed by atoms with Gasteiger partial charge in [-0.2, -0.15) is 5.26 Å². The fourth-order valence-electron chi connectivity index (χ4n) is 1.19. The molecular formula is C10H11NO. The van der Waals surface area contributed by atoms with Crippen molar-refractivity contribution < 1.29 is 5.11 Å². The number of aryl methyl sites for hydroxylation is 1. The summed E-state index contributed by atoms with van der Waals surface area (Å²) >= 11 is 0. The Morgan fingerprint density at radius 1 is 1.50 bits per heavy atom. The number of hydrogen-bond acceptors (Lipinski definition) is 2. The molecule has 0 aliphatic rings. The summed E-state index contributed by atoms with van der Waals surface area (Å²) in [7, 11) is 0. The van der Waals surface area contributed by atoms with E-state index in [0.29, 0.717) is 0 Å². The Bertz CT molecular complexity index is 301. The van der Waals surface area contributed by atoms with Crippen molar-refractivity contribution in [3.8, 4) is 6.07 Å². The van der Waals surface area contributed by atoms with Crippen molar-refractivity contribution in [2.24, 2.45) is 0 Å². The van der Waals surface area contributed by atoms with Crippen LogP contribution in [0.2, 0.25) is 0 Å². The molecule has 12 heavy (non-hydrogen) atoms. The maximum absolute atomic E-state index is 9.28. The number of nitriles is 1. The van der Waals surface area contributed by atoms with Crippen molar-refractivity contribution in [3.63, 3.8) is 0 Å². The van der Waals surface area contributed by atoms with Gasteiger partial charge in [0.15, 0.2) is 6.10 Å². The van der Waals surface area contributed by atoms with E-state index in [-0.39, 0.29) is 0 Å². The highest BCUT2D eigenvalue weighted by Crippen LogP contribution is 2.17. The van der Waals surface area contributed by atoms with Gasteiger partial charge >= 0.3 is 0 Å². The first-order chi connectivity index (χ1) is 5.79. The average molecular weight is 161 g/mol. The molecule has 1 aromatic rings. The quantitative estimate of drug-likeness (QED) is 0.672. The van der Waals surface area contributed by atoms with E-state index in [1.165, 1.54) is 0 Å². The highest BCUT2D eigenvalue weighted by atomic mass is 16.3. The van der Waals surface area contributed by atoms with Gasteiger partial charge in [-0.25, -0.2) is 0 Å². The van der Waals surface area contributed by atoms with Gasteiger partial charge in [0.25, 0.3) is 0 Å². The molecular weight excluding hydrogens is 150 g/mol. The van der Waals surface area contributed by atoms with Gasteiger partial charge < -0.3 is 5.11 Å². The predicted octanol–water partition coefficient (Wildman–Crippen LogP) is 1.81. The second-order valence-corrected chi connectivity index (χ2v) is 2.58. The van der Waals surface area contributed by atoms with Gasteiger partial charge in [0, 0.05) is 0 Å². The van der Waals surface area contributed by atoms with E-state index in [9.17, 15) is 5.11 Å². The fraction of sp³-hybridized carbons (Fsp3) is 0.300. The second kappa shape index (κ2) is 3.89. The van der Waals surface area contributed by atoms with Crippen molar-refractivity contribution in [2.75, 3.05) is 0 Å². The minimum atomic E-state index is -0.985. The Morgan fingerprint density at radius 2 is 2.17 bits per heavy atom. The van der Waals surface area contributed by atoms with E-state index in [1.807, 2.05) is 31.2 Å². The SMILES string of the molecule is CCc1ccccc1C(O)C#N. The maximum atomic E-state index is 9.28. The van der Waals surface area contributed by atoms with Crippen molar-refractivity contribution in [1.29, 1.82) is 5.26 Å². The Balaban J connectivity index is 3.06. The van der Waals surface area contributed by atoms with Crippen LogP contribution in [0.25, 0.3) is 0 Å². The topological polar surface area (TPSA) is 44.0 Å². The molecule has 2 heteroatoms. The number of aliphatic hydroxyl groups excluding tert-OH is 1. The first-order valence-electron chi connectivity index (χ1n) is 3.95. The van der Waals surface area contributed by atoms with Gasteiger partial charge in [-0.3, -0.25) is 0 Å². The monoisotopic (exact) mass is 161 g/mol. The minimum absolute atomic E-state index is 0.725. The van der Waals surface area contributed by atoms with Crippen molar-refractivity contribution >= 4 is 0 Å². The van der Waals surface area contributed by atoms with Crippen molar-refractivity contribution in [1.82, 2.24) is 0 Å². The summed E-state index contributed by atoms with van der Waals surface area (Å²) in [5.41, 5.74) is 1.76. The number of nitrogens with zero attached hydrogens (tertiary/aromatic N) is 1. The molecule has 0 saturated heterocycles. The smallest absolute Gasteiger partial charge is 0.166 e. The third-order valence-electron chi connectivity index (χ3n) is 1.85. The lowest BCUT2D eigenvalue weighted by molar-refractivity contribution is 0.235. The molecule has 1 N–H and O–H groups in total. The summed E-state index contributed by atoms with van der Waals surface area (Å²) in [6, 6.07) is 9.26. The largest absolute Gasteiger partial charge is 0.374 e. The lowest BCUT2D eigenvalue weighted by Crippen LogP contribution is -1.98. The summed E-state index contributed by atoms with van der Waals surface area (Å²) < 4.78 is 0. The van der Waals surface area contributed by atoms with Crippen LogP contribution in [0.1, 0.15) is 24.2 Å². The second-order valence-electron chi connectivity index (χ2n) is 2.58. The van der Waals surface area contributed by atoms with Crippen LogP contribution in [0.15, 0.2) is 24.3 Å². The molecule has 1 unspecified atom stereocenters. The molecule has 1 atom stereocenters. The zero-order chi connectivity index (χ0) is 8.97. The Morgan fingerprint density at radius 3 is 2.75 bits per heavy atom. The van der Waals surface area contributed by atoms with Gasteiger partial charge in [0.1, 0.15) is 0 Å². The molecule has 0 amide bonds. The molecule has 0 radical (unpaired) electrons. The van der Waals surface area contributed by atoms with Crippen molar-refractivity contribution in [3.05, 3.63) is 35.4 Å². The van der Waals surface area contributed by atoms with Crippen molar-refractivity contribution in [2.45, 2.75) is 19.4 Å². The van der Waals surface area contributed by atoms with Crippen LogP contribution in [0.5, 0.6) is 0 Å². The van der Waals surface area contributed by atoms with Gasteiger partial charge in [-0.05, 0) is 17.5 Å². The maximum Gasteiger partial charge on any atom is 0.166 e. The van der Waals surface area contributed by atoms with E-state index in [2.05, 4.69) is 0 Å². The zero-order valence-corrected chi connectivity index (χ0v) is 6.99. The van der Waals surface area contributed by atoms with Crippen LogP contribution >= 0.6 is 0 Å². The van der Waals surface area contributed by atoms with Crippen LogP contribution in [-0.2, 0) is 6.42 Å². The average Bonchev–Trinajstić information content (AvgIpc) is 2.16. The van der Waals surface area contributed by atoms with E-state index >= 15 is 0 Å². The summed E-state index contributed by atoms with van der Waals surface area (Å²) in [6.45, 7) is 2.00. The number of rotatable bonds is 2. The van der Waals surface area contributed by atoms with Gasteiger partial charge in [0.05, 0.1) is 6.07 Å². The van der Waals surface area contributed by atoms with E-state index < -0.39 is 6.10 Å². The molecule has 0 saturated carbocycles. The lowest BCUT2D eigenvalue weighted by atomic mass is 10.0. The van der Waals surface area contributed by atoms with E-state index in [1.54, 1.807) is 6.07 Å². The highest BCUT2D eigenvalue weighted by molar-refractivity contribution is 5.31. The lowest BCUT2D eigenvalue weighted by Gasteiger charge is -2.07. The molecule has 0 aromatic heterocycles. The summed E-state index contributed by atoms with van der Waals surface area (Å²) in [5.74, 6) is 0. The molecule has 0 fully saturated rings. The highest BCUT2D eigenvalue weighted by Gasteiger charge is 2.08. The minimum Gasteiger partial charge on any atom is -0.374 e. The molecule has 1 rings (SSSR count). The summed E-state index contributed by atoms with van der Waals surface area (Å²) in [4.78, 5) is 0. The van der Waals surface area contributed by atoms with Gasteiger partial charge in [-0.15, -0.1) is 0 Å². The Kier molecular flexibility index (Phi) is 2.84. The van der Waals surface area contributed by atoms with Crippen LogP contribution in [0.4, 0.5) is 0 Å². The van der Waals surface area contributed by atoms with Crippen LogP contribution < -0.4 is 0 Å². The molecule has 0 aliphatic heterocycles. The van der Waals surface area contributed by atoms with Crippen LogP contribution in [-0.4, -0.2) is 5.11 Å². The first-order valence-corrected chi connectivity index (χ1v) is 3.95. The third kappa shape index (κ3) is 1.63. The first kappa shape index (κ1) is 8.76. The predicted molar refractivity (Wildman–Crippen MR) is 46.4 cm³/mol. The fourth-order valence-corrected chi connectivity index (χ4v) is 1.19.